The lowest BCUT2D eigenvalue weighted by molar-refractivity contribution is 0.347. The maximum Gasteiger partial charge on any atom is 0.163 e. The largest absolute Gasteiger partial charge is 0.493 e. The summed E-state index contributed by atoms with van der Waals surface area (Å²) >= 11 is 0. The molecule has 1 heterocycles. The molecule has 0 radical (unpaired) electrons. The van der Waals surface area contributed by atoms with E-state index in [1.165, 1.54) is 11.1 Å². The van der Waals surface area contributed by atoms with Gasteiger partial charge in [-0.05, 0) is 54.3 Å². The van der Waals surface area contributed by atoms with E-state index in [1.807, 2.05) is 12.1 Å². The van der Waals surface area contributed by atoms with Crippen molar-refractivity contribution in [3.8, 4) is 23.0 Å². The summed E-state index contributed by atoms with van der Waals surface area (Å²) in [5, 5.41) is 3.61. The first-order valence-electron chi connectivity index (χ1n) is 8.39. The van der Waals surface area contributed by atoms with Crippen molar-refractivity contribution in [2.24, 2.45) is 0 Å². The van der Waals surface area contributed by atoms with Crippen LogP contribution >= 0.6 is 12.4 Å². The molecule has 1 N–H and O–H groups in total. The summed E-state index contributed by atoms with van der Waals surface area (Å²) in [5.41, 5.74) is 3.65. The monoisotopic (exact) mass is 379 g/mol. The van der Waals surface area contributed by atoms with Crippen LogP contribution in [0.5, 0.6) is 23.0 Å². The van der Waals surface area contributed by atoms with Gasteiger partial charge in [-0.15, -0.1) is 12.4 Å². The third-order valence-electron chi connectivity index (χ3n) is 4.71. The Kier molecular flexibility index (Phi) is 7.00. The van der Waals surface area contributed by atoms with Gasteiger partial charge in [0.05, 0.1) is 28.4 Å². The summed E-state index contributed by atoms with van der Waals surface area (Å²) in [6.07, 6.45) is 1.78. The van der Waals surface area contributed by atoms with Gasteiger partial charge in [-0.1, -0.05) is 12.1 Å². The Hall–Kier alpha value is -2.11. The Labute approximate surface area is 161 Å². The Morgan fingerprint density at radius 1 is 0.923 bits per heavy atom. The first kappa shape index (κ1) is 20.2. The van der Waals surface area contributed by atoms with Crippen molar-refractivity contribution in [3.05, 3.63) is 47.0 Å². The number of nitrogens with one attached hydrogen (secondary N) is 1. The number of hydrogen-bond acceptors (Lipinski definition) is 5. The Morgan fingerprint density at radius 2 is 1.62 bits per heavy atom. The molecule has 0 saturated carbocycles. The molecule has 0 aromatic heterocycles. The van der Waals surface area contributed by atoms with Gasteiger partial charge in [-0.25, -0.2) is 0 Å². The Bertz CT molecular complexity index is 751. The minimum Gasteiger partial charge on any atom is -0.493 e. The minimum absolute atomic E-state index is 0. The van der Waals surface area contributed by atoms with Crippen molar-refractivity contribution in [3.63, 3.8) is 0 Å². The SMILES string of the molecule is COc1cc2c(cc1OC)C(Cc1cccc(OC)c1OC)NCC2.Cl. The van der Waals surface area contributed by atoms with Gasteiger partial charge < -0.3 is 24.3 Å². The number of rotatable bonds is 6. The third kappa shape index (κ3) is 3.84. The zero-order valence-electron chi connectivity index (χ0n) is 15.6. The third-order valence-corrected chi connectivity index (χ3v) is 4.71. The van der Waals surface area contributed by atoms with E-state index in [0.717, 1.165) is 47.9 Å². The van der Waals surface area contributed by atoms with E-state index in [2.05, 4.69) is 23.5 Å². The highest BCUT2D eigenvalue weighted by Gasteiger charge is 2.24. The van der Waals surface area contributed by atoms with E-state index in [-0.39, 0.29) is 18.4 Å². The molecule has 1 aliphatic heterocycles. The lowest BCUT2D eigenvalue weighted by Gasteiger charge is -2.29. The second kappa shape index (κ2) is 9.01. The van der Waals surface area contributed by atoms with Gasteiger partial charge in [0.2, 0.25) is 0 Å². The summed E-state index contributed by atoms with van der Waals surface area (Å²) in [6, 6.07) is 10.3. The first-order valence-corrected chi connectivity index (χ1v) is 8.39. The molecule has 1 unspecified atom stereocenters. The molecule has 0 spiro atoms. The number of para-hydroxylation sites is 1. The zero-order valence-corrected chi connectivity index (χ0v) is 16.4. The molecule has 0 amide bonds. The summed E-state index contributed by atoms with van der Waals surface area (Å²) in [5.74, 6) is 3.08. The minimum atomic E-state index is 0. The van der Waals surface area contributed by atoms with E-state index in [1.54, 1.807) is 28.4 Å². The van der Waals surface area contributed by atoms with Gasteiger partial charge in [-0.2, -0.15) is 0 Å². The summed E-state index contributed by atoms with van der Waals surface area (Å²) in [7, 11) is 6.68. The molecule has 0 fully saturated rings. The van der Waals surface area contributed by atoms with Crippen LogP contribution in [0.25, 0.3) is 0 Å². The number of benzene rings is 2. The fourth-order valence-corrected chi connectivity index (χ4v) is 3.49. The number of methoxy groups -OCH3 is 4. The normalized spacial score (nSPS) is 15.5. The smallest absolute Gasteiger partial charge is 0.163 e. The van der Waals surface area contributed by atoms with Gasteiger partial charge in [0.15, 0.2) is 23.0 Å². The van der Waals surface area contributed by atoms with Crippen LogP contribution in [0.4, 0.5) is 0 Å². The van der Waals surface area contributed by atoms with Crippen LogP contribution in [-0.2, 0) is 12.8 Å². The van der Waals surface area contributed by atoms with Crippen LogP contribution in [0.3, 0.4) is 0 Å². The second-order valence-corrected chi connectivity index (χ2v) is 6.02. The molecule has 1 atom stereocenters. The molecule has 6 heteroatoms. The number of fused-ring (bicyclic) bond motifs is 1. The van der Waals surface area contributed by atoms with Crippen molar-refractivity contribution in [1.82, 2.24) is 5.32 Å². The van der Waals surface area contributed by atoms with Crippen molar-refractivity contribution >= 4 is 12.4 Å². The van der Waals surface area contributed by atoms with E-state index >= 15 is 0 Å². The van der Waals surface area contributed by atoms with Gasteiger partial charge in [-0.3, -0.25) is 0 Å². The topological polar surface area (TPSA) is 49.0 Å². The van der Waals surface area contributed by atoms with E-state index < -0.39 is 0 Å². The Balaban J connectivity index is 0.00000243. The fraction of sp³-hybridized carbons (Fsp3) is 0.400. The molecule has 3 rings (SSSR count). The van der Waals surface area contributed by atoms with Crippen molar-refractivity contribution in [2.45, 2.75) is 18.9 Å². The molecule has 1 aliphatic rings. The highest BCUT2D eigenvalue weighted by Crippen LogP contribution is 2.38. The zero-order chi connectivity index (χ0) is 17.8. The molecule has 142 valence electrons. The summed E-state index contributed by atoms with van der Waals surface area (Å²) in [6.45, 7) is 0.930. The molecule has 0 aliphatic carbocycles. The van der Waals surface area contributed by atoms with Crippen molar-refractivity contribution < 1.29 is 18.9 Å². The van der Waals surface area contributed by atoms with Gasteiger partial charge in [0.25, 0.3) is 0 Å². The van der Waals surface area contributed by atoms with E-state index in [4.69, 9.17) is 18.9 Å². The average Bonchev–Trinajstić information content (AvgIpc) is 2.66. The highest BCUT2D eigenvalue weighted by molar-refractivity contribution is 5.85. The van der Waals surface area contributed by atoms with Gasteiger partial charge in [0.1, 0.15) is 0 Å². The quantitative estimate of drug-likeness (QED) is 0.831. The lowest BCUT2D eigenvalue weighted by atomic mass is 9.89. The van der Waals surface area contributed by atoms with Gasteiger partial charge >= 0.3 is 0 Å². The summed E-state index contributed by atoms with van der Waals surface area (Å²) < 4.78 is 21.9. The standard InChI is InChI=1S/C20H25NO4.ClH/c1-22-17-7-5-6-14(20(17)25-4)10-16-15-12-19(24-3)18(23-2)11-13(15)8-9-21-16;/h5-7,11-12,16,21H,8-10H2,1-4H3;1H. The summed E-state index contributed by atoms with van der Waals surface area (Å²) in [4.78, 5) is 0. The average molecular weight is 380 g/mol. The Morgan fingerprint density at radius 3 is 2.27 bits per heavy atom. The van der Waals surface area contributed by atoms with E-state index in [0.29, 0.717) is 0 Å². The fourth-order valence-electron chi connectivity index (χ4n) is 3.49. The maximum absolute atomic E-state index is 5.58. The predicted molar refractivity (Wildman–Crippen MR) is 104 cm³/mol. The molecule has 5 nitrogen and oxygen atoms in total. The van der Waals surface area contributed by atoms with Gasteiger partial charge in [0, 0.05) is 6.04 Å². The molecule has 2 aromatic carbocycles. The van der Waals surface area contributed by atoms with E-state index in [9.17, 15) is 0 Å². The number of hydrogen-bond donors (Lipinski definition) is 1. The molecule has 26 heavy (non-hydrogen) atoms. The maximum atomic E-state index is 5.58. The van der Waals surface area contributed by atoms with Crippen LogP contribution in [0.1, 0.15) is 22.7 Å². The second-order valence-electron chi connectivity index (χ2n) is 6.02. The molecule has 2 aromatic rings. The van der Waals surface area contributed by atoms with Crippen molar-refractivity contribution in [2.75, 3.05) is 35.0 Å². The number of halogens is 1. The lowest BCUT2D eigenvalue weighted by Crippen LogP contribution is -2.31. The molecule has 0 bridgehead atoms. The van der Waals surface area contributed by atoms with Crippen LogP contribution < -0.4 is 24.3 Å². The van der Waals surface area contributed by atoms with Crippen LogP contribution in [0.2, 0.25) is 0 Å². The van der Waals surface area contributed by atoms with Crippen molar-refractivity contribution in [1.29, 1.82) is 0 Å². The van der Waals surface area contributed by atoms with Crippen LogP contribution in [-0.4, -0.2) is 35.0 Å². The predicted octanol–water partition coefficient (Wildman–Crippen LogP) is 3.57. The number of ether oxygens (including phenoxy) is 4. The van der Waals surface area contributed by atoms with Crippen LogP contribution in [0.15, 0.2) is 30.3 Å². The molecular weight excluding hydrogens is 354 g/mol. The molecular formula is C20H26ClNO4. The highest BCUT2D eigenvalue weighted by atomic mass is 35.5. The first-order chi connectivity index (χ1) is 12.2. The van der Waals surface area contributed by atoms with Crippen LogP contribution in [0, 0.1) is 0 Å². The molecule has 0 saturated heterocycles.